The Hall–Kier alpha value is -1.41. The highest BCUT2D eigenvalue weighted by Gasteiger charge is 2.39. The Balaban J connectivity index is 2.44. The Morgan fingerprint density at radius 2 is 2.10 bits per heavy atom. The molecule has 2 heterocycles. The van der Waals surface area contributed by atoms with E-state index in [4.69, 9.17) is 4.52 Å². The van der Waals surface area contributed by atoms with E-state index >= 15 is 0 Å². The lowest BCUT2D eigenvalue weighted by atomic mass is 10.0. The van der Waals surface area contributed by atoms with Crippen LogP contribution in [0.3, 0.4) is 0 Å². The number of piperidine rings is 1. The lowest BCUT2D eigenvalue weighted by Crippen LogP contribution is -2.51. The third-order valence-corrected chi connectivity index (χ3v) is 5.69. The van der Waals surface area contributed by atoms with Gasteiger partial charge in [0, 0.05) is 13.6 Å². The largest absolute Gasteiger partial charge is 0.360 e. The molecule has 0 unspecified atom stereocenters. The summed E-state index contributed by atoms with van der Waals surface area (Å²) in [5.41, 5.74) is 0.323. The molecule has 1 aromatic rings. The predicted molar refractivity (Wildman–Crippen MR) is 71.6 cm³/mol. The third kappa shape index (κ3) is 2.45. The number of amides is 1. The van der Waals surface area contributed by atoms with E-state index in [0.29, 0.717) is 18.7 Å². The van der Waals surface area contributed by atoms with Gasteiger partial charge in [-0.3, -0.25) is 4.79 Å². The van der Waals surface area contributed by atoms with Gasteiger partial charge in [0.15, 0.2) is 5.76 Å². The van der Waals surface area contributed by atoms with Crippen molar-refractivity contribution in [1.29, 1.82) is 0 Å². The van der Waals surface area contributed by atoms with Crippen LogP contribution in [0.2, 0.25) is 0 Å². The van der Waals surface area contributed by atoms with Crippen molar-refractivity contribution in [1.82, 2.24) is 14.8 Å². The highest BCUT2D eigenvalue weighted by Crippen LogP contribution is 2.29. The SMILES string of the molecule is CNC(=O)[C@H]1CCCCN1S(=O)(=O)c1c(C)noc1C. The molecule has 1 aliphatic rings. The van der Waals surface area contributed by atoms with Crippen molar-refractivity contribution in [3.05, 3.63) is 11.5 Å². The van der Waals surface area contributed by atoms with E-state index in [1.807, 2.05) is 0 Å². The molecule has 0 aromatic carbocycles. The normalized spacial score (nSPS) is 20.9. The van der Waals surface area contributed by atoms with E-state index in [1.54, 1.807) is 13.8 Å². The van der Waals surface area contributed by atoms with Crippen LogP contribution in [0.5, 0.6) is 0 Å². The maximum absolute atomic E-state index is 12.8. The summed E-state index contributed by atoms with van der Waals surface area (Å²) in [4.78, 5) is 12.0. The van der Waals surface area contributed by atoms with Gasteiger partial charge in [0.05, 0.1) is 0 Å². The number of hydrogen-bond acceptors (Lipinski definition) is 5. The number of nitrogens with one attached hydrogen (secondary N) is 1. The zero-order chi connectivity index (χ0) is 14.9. The van der Waals surface area contributed by atoms with Crippen molar-refractivity contribution >= 4 is 15.9 Å². The summed E-state index contributed by atoms with van der Waals surface area (Å²) in [5, 5.41) is 6.21. The molecule has 1 fully saturated rings. The van der Waals surface area contributed by atoms with Gasteiger partial charge < -0.3 is 9.84 Å². The molecular formula is C12H19N3O4S. The van der Waals surface area contributed by atoms with E-state index in [1.165, 1.54) is 11.4 Å². The van der Waals surface area contributed by atoms with E-state index in [9.17, 15) is 13.2 Å². The van der Waals surface area contributed by atoms with Crippen LogP contribution in [-0.2, 0) is 14.8 Å². The standard InChI is InChI=1S/C12H19N3O4S/c1-8-11(9(2)19-14-8)20(17,18)15-7-5-4-6-10(15)12(16)13-3/h10H,4-7H2,1-3H3,(H,13,16)/t10-/m1/s1. The Morgan fingerprint density at radius 3 is 2.65 bits per heavy atom. The fraction of sp³-hybridized carbons (Fsp3) is 0.667. The van der Waals surface area contributed by atoms with E-state index in [2.05, 4.69) is 10.5 Å². The Bertz CT molecular complexity index is 589. The number of carbonyl (C=O) groups is 1. The van der Waals surface area contributed by atoms with Crippen LogP contribution in [-0.4, -0.2) is 43.4 Å². The Labute approximate surface area is 118 Å². The van der Waals surface area contributed by atoms with Crippen molar-refractivity contribution in [2.75, 3.05) is 13.6 Å². The first-order valence-electron chi connectivity index (χ1n) is 6.56. The minimum absolute atomic E-state index is 0.0771. The van der Waals surface area contributed by atoms with Gasteiger partial charge in [-0.05, 0) is 26.7 Å². The second kappa shape index (κ2) is 5.53. The summed E-state index contributed by atoms with van der Waals surface area (Å²) in [6, 6.07) is -0.660. The van der Waals surface area contributed by atoms with Crippen LogP contribution in [0.1, 0.15) is 30.7 Å². The van der Waals surface area contributed by atoms with Gasteiger partial charge >= 0.3 is 0 Å². The molecule has 0 bridgehead atoms. The number of aromatic nitrogens is 1. The fourth-order valence-electron chi connectivity index (χ4n) is 2.58. The second-order valence-corrected chi connectivity index (χ2v) is 6.72. The summed E-state index contributed by atoms with van der Waals surface area (Å²) in [6.45, 7) is 3.48. The van der Waals surface area contributed by atoms with E-state index < -0.39 is 16.1 Å². The Morgan fingerprint density at radius 1 is 1.40 bits per heavy atom. The summed E-state index contributed by atoms with van der Waals surface area (Å²) in [6.07, 6.45) is 2.12. The van der Waals surface area contributed by atoms with Crippen LogP contribution in [0.4, 0.5) is 0 Å². The third-order valence-electron chi connectivity index (χ3n) is 3.54. The summed E-state index contributed by atoms with van der Waals surface area (Å²) in [5.74, 6) is -0.0243. The molecule has 1 atom stereocenters. The first-order valence-corrected chi connectivity index (χ1v) is 8.00. The lowest BCUT2D eigenvalue weighted by Gasteiger charge is -2.33. The monoisotopic (exact) mass is 301 g/mol. The van der Waals surface area contributed by atoms with Crippen LogP contribution in [0.25, 0.3) is 0 Å². The maximum Gasteiger partial charge on any atom is 0.249 e. The molecule has 20 heavy (non-hydrogen) atoms. The smallest absolute Gasteiger partial charge is 0.249 e. The average molecular weight is 301 g/mol. The van der Waals surface area contributed by atoms with Gasteiger partial charge in [0.1, 0.15) is 16.6 Å². The predicted octanol–water partition coefficient (Wildman–Crippen LogP) is 0.581. The molecule has 1 aromatic heterocycles. The second-order valence-electron chi connectivity index (χ2n) is 4.89. The summed E-state index contributed by atoms with van der Waals surface area (Å²) in [7, 11) is -2.26. The van der Waals surface area contributed by atoms with Crippen molar-refractivity contribution in [3.63, 3.8) is 0 Å². The summed E-state index contributed by atoms with van der Waals surface area (Å²) < 4.78 is 31.7. The van der Waals surface area contributed by atoms with Crippen LogP contribution >= 0.6 is 0 Å². The molecule has 7 nitrogen and oxygen atoms in total. The molecule has 0 spiro atoms. The number of likely N-dealkylation sites (N-methyl/N-ethyl adjacent to an activating group) is 1. The van der Waals surface area contributed by atoms with Gasteiger partial charge in [-0.2, -0.15) is 4.31 Å². The quantitative estimate of drug-likeness (QED) is 0.881. The minimum Gasteiger partial charge on any atom is -0.360 e. The number of hydrogen-bond donors (Lipinski definition) is 1. The zero-order valence-electron chi connectivity index (χ0n) is 11.8. The van der Waals surface area contributed by atoms with Crippen molar-refractivity contribution in [2.24, 2.45) is 0 Å². The topological polar surface area (TPSA) is 92.5 Å². The molecule has 1 saturated heterocycles. The zero-order valence-corrected chi connectivity index (χ0v) is 12.7. The highest BCUT2D eigenvalue weighted by molar-refractivity contribution is 7.89. The highest BCUT2D eigenvalue weighted by atomic mass is 32.2. The number of sulfonamides is 1. The first kappa shape index (κ1) is 15.0. The number of nitrogens with zero attached hydrogens (tertiary/aromatic N) is 2. The van der Waals surface area contributed by atoms with Crippen molar-refractivity contribution < 1.29 is 17.7 Å². The Kier molecular flexibility index (Phi) is 4.14. The molecule has 112 valence electrons. The number of carbonyl (C=O) groups excluding carboxylic acids is 1. The average Bonchev–Trinajstić information content (AvgIpc) is 2.77. The van der Waals surface area contributed by atoms with Gasteiger partial charge in [0.2, 0.25) is 15.9 Å². The minimum atomic E-state index is -3.77. The van der Waals surface area contributed by atoms with Crippen LogP contribution in [0, 0.1) is 13.8 Å². The van der Waals surface area contributed by atoms with Crippen molar-refractivity contribution in [3.8, 4) is 0 Å². The number of aryl methyl sites for hydroxylation is 2. The van der Waals surface area contributed by atoms with E-state index in [0.717, 1.165) is 12.8 Å². The van der Waals surface area contributed by atoms with E-state index in [-0.39, 0.29) is 16.6 Å². The fourth-order valence-corrected chi connectivity index (χ4v) is 4.53. The molecule has 2 rings (SSSR count). The van der Waals surface area contributed by atoms with Gasteiger partial charge in [-0.1, -0.05) is 11.6 Å². The molecule has 0 aliphatic carbocycles. The summed E-state index contributed by atoms with van der Waals surface area (Å²) >= 11 is 0. The van der Waals surface area contributed by atoms with Crippen molar-refractivity contribution in [2.45, 2.75) is 44.0 Å². The van der Waals surface area contributed by atoms with Crippen LogP contribution in [0.15, 0.2) is 9.42 Å². The molecule has 0 saturated carbocycles. The molecule has 0 radical (unpaired) electrons. The first-order chi connectivity index (χ1) is 9.39. The van der Waals surface area contributed by atoms with Gasteiger partial charge in [-0.15, -0.1) is 0 Å². The van der Waals surface area contributed by atoms with Crippen LogP contribution < -0.4 is 5.32 Å². The molecule has 8 heteroatoms. The van der Waals surface area contributed by atoms with Gasteiger partial charge in [-0.25, -0.2) is 8.42 Å². The molecule has 1 N–H and O–H groups in total. The molecule has 1 amide bonds. The van der Waals surface area contributed by atoms with Gasteiger partial charge in [0.25, 0.3) is 0 Å². The maximum atomic E-state index is 12.8. The molecule has 1 aliphatic heterocycles. The lowest BCUT2D eigenvalue weighted by molar-refractivity contribution is -0.125. The molecular weight excluding hydrogens is 282 g/mol. The number of rotatable bonds is 3.